The molecule has 0 spiro atoms. The molecule has 5 heterocycles. The zero-order valence-electron chi connectivity index (χ0n) is 19.0. The fraction of sp³-hybridized carbons (Fsp3) is 0.400. The zero-order chi connectivity index (χ0) is 22.7. The SMILES string of the molecule is [2H]C([2H])([2H])C1([2H])CCc2ncc(F)cc2C2CCCN2c2ccn3ncc(c3n2)C(=O)N1. The molecule has 5 rings (SSSR count). The summed E-state index contributed by atoms with van der Waals surface area (Å²) in [6.07, 6.45) is 5.56. The largest absolute Gasteiger partial charge is 0.349 e. The number of amides is 1. The Hall–Kier alpha value is -3.03. The first-order chi connectivity index (χ1) is 15.2. The number of hydrogen-bond donors (Lipinski definition) is 1. The Morgan fingerprint density at radius 2 is 2.32 bits per heavy atom. The van der Waals surface area contributed by atoms with Crippen LogP contribution in [-0.4, -0.2) is 38.1 Å². The smallest absolute Gasteiger partial charge is 0.256 e. The summed E-state index contributed by atoms with van der Waals surface area (Å²) in [7, 11) is 0. The normalized spacial score (nSPS) is 27.4. The molecule has 1 saturated heterocycles. The van der Waals surface area contributed by atoms with Crippen molar-refractivity contribution in [2.45, 2.75) is 44.6 Å². The molecule has 7 nitrogen and oxygen atoms in total. The van der Waals surface area contributed by atoms with Crippen LogP contribution in [0, 0.1) is 5.82 Å². The van der Waals surface area contributed by atoms with Crippen molar-refractivity contribution in [3.8, 4) is 0 Å². The summed E-state index contributed by atoms with van der Waals surface area (Å²) in [6, 6.07) is 0.732. The van der Waals surface area contributed by atoms with Gasteiger partial charge in [-0.3, -0.25) is 9.78 Å². The summed E-state index contributed by atoms with van der Waals surface area (Å²) in [5.74, 6) is -0.611. The van der Waals surface area contributed by atoms with E-state index in [9.17, 15) is 9.18 Å². The van der Waals surface area contributed by atoms with E-state index in [1.54, 1.807) is 12.3 Å². The highest BCUT2D eigenvalue weighted by atomic mass is 19.1. The molecule has 8 heteroatoms. The number of nitrogens with zero attached hydrogens (tertiary/aromatic N) is 5. The number of hydrogen-bond acceptors (Lipinski definition) is 5. The van der Waals surface area contributed by atoms with Crippen LogP contribution in [0.1, 0.15) is 59.3 Å². The van der Waals surface area contributed by atoms with E-state index in [0.29, 0.717) is 23.6 Å². The van der Waals surface area contributed by atoms with Crippen molar-refractivity contribution < 1.29 is 14.7 Å². The monoisotopic (exact) mass is 384 g/mol. The van der Waals surface area contributed by atoms with Gasteiger partial charge in [0, 0.05) is 28.6 Å². The predicted molar refractivity (Wildman–Crippen MR) is 102 cm³/mol. The number of aromatic nitrogens is 4. The molecular weight excluding hydrogens is 359 g/mol. The van der Waals surface area contributed by atoms with Crippen LogP contribution in [-0.2, 0) is 6.42 Å². The van der Waals surface area contributed by atoms with Gasteiger partial charge < -0.3 is 10.2 Å². The number of rotatable bonds is 0. The van der Waals surface area contributed by atoms with Crippen LogP contribution >= 0.6 is 0 Å². The Morgan fingerprint density at radius 3 is 3.21 bits per heavy atom. The molecule has 1 fully saturated rings. The molecular formula is C20H21FN6O. The third-order valence-electron chi connectivity index (χ3n) is 5.35. The number of fused-ring (bicyclic) bond motifs is 5. The van der Waals surface area contributed by atoms with Crippen molar-refractivity contribution in [3.63, 3.8) is 0 Å². The van der Waals surface area contributed by atoms with Crippen LogP contribution in [0.3, 0.4) is 0 Å². The van der Waals surface area contributed by atoms with Crippen LogP contribution in [0.4, 0.5) is 10.2 Å². The lowest BCUT2D eigenvalue weighted by molar-refractivity contribution is 0.0940. The van der Waals surface area contributed by atoms with Gasteiger partial charge in [0.05, 0.1) is 19.8 Å². The Kier molecular flexibility index (Phi) is 3.08. The fourth-order valence-electron chi connectivity index (χ4n) is 4.03. The van der Waals surface area contributed by atoms with E-state index in [4.69, 9.17) is 5.48 Å². The molecule has 2 unspecified atom stereocenters. The number of carbonyl (C=O) groups excluding carboxylic acids is 1. The molecule has 3 aromatic rings. The van der Waals surface area contributed by atoms with Crippen molar-refractivity contribution >= 4 is 17.4 Å². The highest BCUT2D eigenvalue weighted by Gasteiger charge is 2.31. The summed E-state index contributed by atoms with van der Waals surface area (Å²) < 4.78 is 48.0. The van der Waals surface area contributed by atoms with Gasteiger partial charge in [0.25, 0.3) is 5.91 Å². The highest BCUT2D eigenvalue weighted by Crippen LogP contribution is 2.37. The molecule has 2 aliphatic heterocycles. The van der Waals surface area contributed by atoms with Crippen LogP contribution in [0.2, 0.25) is 0 Å². The first kappa shape index (κ1) is 13.2. The molecule has 1 N–H and O–H groups in total. The van der Waals surface area contributed by atoms with Gasteiger partial charge in [0.15, 0.2) is 5.65 Å². The molecule has 0 radical (unpaired) electrons. The third-order valence-corrected chi connectivity index (χ3v) is 5.35. The lowest BCUT2D eigenvalue weighted by atomic mass is 9.98. The molecule has 1 amide bonds. The Bertz CT molecular complexity index is 1210. The Balaban J connectivity index is 1.72. The van der Waals surface area contributed by atoms with E-state index in [2.05, 4.69) is 20.4 Å². The van der Waals surface area contributed by atoms with Gasteiger partial charge in [-0.05, 0) is 50.2 Å². The number of aryl methyl sites for hydroxylation is 1. The molecule has 0 saturated carbocycles. The van der Waals surface area contributed by atoms with Crippen LogP contribution in [0.15, 0.2) is 30.7 Å². The molecule has 3 aromatic heterocycles. The van der Waals surface area contributed by atoms with Crippen LogP contribution in [0.25, 0.3) is 5.65 Å². The lowest BCUT2D eigenvalue weighted by Crippen LogP contribution is -2.33. The van der Waals surface area contributed by atoms with Crippen LogP contribution < -0.4 is 10.2 Å². The van der Waals surface area contributed by atoms with Crippen molar-refractivity contribution in [1.29, 1.82) is 0 Å². The van der Waals surface area contributed by atoms with E-state index < -0.39 is 24.6 Å². The van der Waals surface area contributed by atoms with E-state index in [1.807, 2.05) is 4.90 Å². The highest BCUT2D eigenvalue weighted by molar-refractivity contribution is 5.99. The first-order valence-corrected chi connectivity index (χ1v) is 9.24. The van der Waals surface area contributed by atoms with Gasteiger partial charge in [-0.25, -0.2) is 13.9 Å². The Morgan fingerprint density at radius 1 is 1.39 bits per heavy atom. The standard InChI is InChI=1S/C20H21FN6O/c1-12-4-5-16-14(9-13(21)10-22-16)17-3-2-7-26(17)18-6-8-27-19(25-18)15(11-23-27)20(28)24-12/h6,8-12,17H,2-5,7H2,1H3,(H,24,28)/i1D3,12D. The van der Waals surface area contributed by atoms with Gasteiger partial charge in [0.1, 0.15) is 17.2 Å². The van der Waals surface area contributed by atoms with Gasteiger partial charge >= 0.3 is 0 Å². The minimum Gasteiger partial charge on any atom is -0.349 e. The number of pyridine rings is 1. The maximum atomic E-state index is 14.2. The average Bonchev–Trinajstić information content (AvgIpc) is 3.38. The number of halogens is 1. The third kappa shape index (κ3) is 2.80. The average molecular weight is 384 g/mol. The van der Waals surface area contributed by atoms with Gasteiger partial charge in [-0.2, -0.15) is 5.10 Å². The van der Waals surface area contributed by atoms with Crippen molar-refractivity contribution in [1.82, 2.24) is 24.9 Å². The summed E-state index contributed by atoms with van der Waals surface area (Å²) >= 11 is 0. The summed E-state index contributed by atoms with van der Waals surface area (Å²) in [6.45, 7) is -2.11. The van der Waals surface area contributed by atoms with Gasteiger partial charge in [-0.15, -0.1) is 0 Å². The van der Waals surface area contributed by atoms with Gasteiger partial charge in [-0.1, -0.05) is 0 Å². The quantitative estimate of drug-likeness (QED) is 0.645. The molecule has 2 bridgehead atoms. The summed E-state index contributed by atoms with van der Waals surface area (Å²) in [4.78, 5) is 23.9. The topological polar surface area (TPSA) is 75.4 Å². The van der Waals surface area contributed by atoms with Gasteiger partial charge in [0.2, 0.25) is 0 Å². The van der Waals surface area contributed by atoms with Crippen LogP contribution in [0.5, 0.6) is 0 Å². The number of nitrogens with one attached hydrogen (secondary N) is 1. The first-order valence-electron chi connectivity index (χ1n) is 11.2. The molecule has 144 valence electrons. The fourth-order valence-corrected chi connectivity index (χ4v) is 4.03. The summed E-state index contributed by atoms with van der Waals surface area (Å²) in [5.41, 5.74) is 1.51. The van der Waals surface area contributed by atoms with Crippen molar-refractivity contribution in [3.05, 3.63) is 53.4 Å². The predicted octanol–water partition coefficient (Wildman–Crippen LogP) is 2.67. The molecule has 28 heavy (non-hydrogen) atoms. The molecule has 2 aliphatic rings. The Labute approximate surface area is 167 Å². The van der Waals surface area contributed by atoms with E-state index in [-0.39, 0.29) is 30.1 Å². The second kappa shape index (κ2) is 6.54. The summed E-state index contributed by atoms with van der Waals surface area (Å²) in [5, 5.41) is 6.52. The van der Waals surface area contributed by atoms with Crippen molar-refractivity contribution in [2.24, 2.45) is 0 Å². The van der Waals surface area contributed by atoms with E-state index >= 15 is 0 Å². The molecule has 0 aliphatic carbocycles. The maximum absolute atomic E-state index is 14.2. The second-order valence-electron chi connectivity index (χ2n) is 7.09. The molecule has 2 atom stereocenters. The second-order valence-corrected chi connectivity index (χ2v) is 7.09. The number of anilines is 1. The van der Waals surface area contributed by atoms with E-state index in [1.165, 1.54) is 16.8 Å². The number of carbonyl (C=O) groups is 1. The van der Waals surface area contributed by atoms with E-state index in [0.717, 1.165) is 19.0 Å². The maximum Gasteiger partial charge on any atom is 0.256 e. The lowest BCUT2D eigenvalue weighted by Gasteiger charge is -2.27. The zero-order valence-corrected chi connectivity index (χ0v) is 15.0. The molecule has 0 aromatic carbocycles. The minimum absolute atomic E-state index is 0.0874. The minimum atomic E-state index is -2.80. The van der Waals surface area contributed by atoms with Crippen molar-refractivity contribution in [2.75, 3.05) is 11.4 Å².